The lowest BCUT2D eigenvalue weighted by molar-refractivity contribution is 0.0568. The highest BCUT2D eigenvalue weighted by molar-refractivity contribution is 6.33. The minimum absolute atomic E-state index is 0.0567. The molecule has 2 aliphatic heterocycles. The molecular formula is C21H22ClFN2O2. The summed E-state index contributed by atoms with van der Waals surface area (Å²) in [5.74, 6) is 0.520. The Balaban J connectivity index is 1.59. The van der Waals surface area contributed by atoms with E-state index in [-0.39, 0.29) is 23.8 Å². The fraction of sp³-hybridized carbons (Fsp3) is 0.381. The first-order chi connectivity index (χ1) is 13.0. The van der Waals surface area contributed by atoms with Crippen molar-refractivity contribution in [3.8, 4) is 5.75 Å². The predicted molar refractivity (Wildman–Crippen MR) is 104 cm³/mol. The minimum Gasteiger partial charge on any atom is -0.496 e. The van der Waals surface area contributed by atoms with Crippen LogP contribution in [0.5, 0.6) is 5.75 Å². The molecule has 2 heterocycles. The van der Waals surface area contributed by atoms with Gasteiger partial charge in [-0.05, 0) is 55.4 Å². The third-order valence-corrected chi connectivity index (χ3v) is 6.19. The average Bonchev–Trinajstić information content (AvgIpc) is 2.93. The van der Waals surface area contributed by atoms with E-state index in [0.29, 0.717) is 27.9 Å². The number of carbonyl (C=O) groups excluding carboxylic acids is 1. The highest BCUT2D eigenvalue weighted by Crippen LogP contribution is 2.44. The second kappa shape index (κ2) is 7.04. The van der Waals surface area contributed by atoms with Crippen LogP contribution in [0.25, 0.3) is 0 Å². The topological polar surface area (TPSA) is 55.6 Å². The van der Waals surface area contributed by atoms with Crippen LogP contribution < -0.4 is 10.5 Å². The van der Waals surface area contributed by atoms with E-state index in [9.17, 15) is 9.18 Å². The molecule has 142 valence electrons. The number of benzene rings is 2. The van der Waals surface area contributed by atoms with Gasteiger partial charge in [-0.25, -0.2) is 4.39 Å². The molecule has 4 rings (SSSR count). The fourth-order valence-electron chi connectivity index (χ4n) is 4.56. The van der Waals surface area contributed by atoms with E-state index in [0.717, 1.165) is 31.2 Å². The van der Waals surface area contributed by atoms with Gasteiger partial charge in [-0.3, -0.25) is 4.79 Å². The maximum atomic E-state index is 13.3. The van der Waals surface area contributed by atoms with E-state index in [1.807, 2.05) is 17.0 Å². The van der Waals surface area contributed by atoms with Crippen LogP contribution >= 0.6 is 11.6 Å². The van der Waals surface area contributed by atoms with Gasteiger partial charge in [-0.1, -0.05) is 23.7 Å². The SMILES string of the molecule is COc1cc(N)c(Cl)cc1C(=O)N1[C@@H]2CC[C@H]1C[C@@H](c1ccc(F)cc1)C2. The van der Waals surface area contributed by atoms with Crippen LogP contribution in [0.4, 0.5) is 10.1 Å². The Morgan fingerprint density at radius 3 is 2.41 bits per heavy atom. The molecule has 0 spiro atoms. The summed E-state index contributed by atoms with van der Waals surface area (Å²) >= 11 is 6.15. The Hall–Kier alpha value is -2.27. The van der Waals surface area contributed by atoms with E-state index in [1.165, 1.54) is 19.2 Å². The van der Waals surface area contributed by atoms with Crippen molar-refractivity contribution >= 4 is 23.2 Å². The highest BCUT2D eigenvalue weighted by Gasteiger charge is 2.44. The third kappa shape index (κ3) is 3.25. The summed E-state index contributed by atoms with van der Waals surface area (Å²) in [5, 5.41) is 0.354. The molecule has 2 aliphatic rings. The highest BCUT2D eigenvalue weighted by atomic mass is 35.5. The first-order valence-corrected chi connectivity index (χ1v) is 9.57. The van der Waals surface area contributed by atoms with Gasteiger partial charge in [0.1, 0.15) is 11.6 Å². The summed E-state index contributed by atoms with van der Waals surface area (Å²) in [6.07, 6.45) is 3.75. The van der Waals surface area contributed by atoms with Gasteiger partial charge < -0.3 is 15.4 Å². The predicted octanol–water partition coefficient (Wildman–Crippen LogP) is 4.62. The summed E-state index contributed by atoms with van der Waals surface area (Å²) in [6.45, 7) is 0. The van der Waals surface area contributed by atoms with Gasteiger partial charge in [0.2, 0.25) is 0 Å². The number of ether oxygens (including phenoxy) is 1. The summed E-state index contributed by atoms with van der Waals surface area (Å²) in [7, 11) is 1.52. The van der Waals surface area contributed by atoms with E-state index in [4.69, 9.17) is 22.1 Å². The Labute approximate surface area is 163 Å². The van der Waals surface area contributed by atoms with Crippen molar-refractivity contribution in [1.29, 1.82) is 0 Å². The molecule has 2 saturated heterocycles. The Kier molecular flexibility index (Phi) is 4.72. The van der Waals surface area contributed by atoms with Crippen LogP contribution in [-0.2, 0) is 0 Å². The molecule has 0 aromatic heterocycles. The molecule has 2 fully saturated rings. The van der Waals surface area contributed by atoms with E-state index < -0.39 is 0 Å². The van der Waals surface area contributed by atoms with Crippen molar-refractivity contribution in [2.45, 2.75) is 43.7 Å². The molecule has 0 aliphatic carbocycles. The second-order valence-corrected chi connectivity index (χ2v) is 7.80. The lowest BCUT2D eigenvalue weighted by Gasteiger charge is -2.39. The molecule has 3 atom stereocenters. The quantitative estimate of drug-likeness (QED) is 0.780. The average molecular weight is 389 g/mol. The number of halogens is 2. The number of hydrogen-bond donors (Lipinski definition) is 1. The van der Waals surface area contributed by atoms with E-state index >= 15 is 0 Å². The molecular weight excluding hydrogens is 367 g/mol. The molecule has 0 radical (unpaired) electrons. The molecule has 27 heavy (non-hydrogen) atoms. The van der Waals surface area contributed by atoms with Gasteiger partial charge in [0, 0.05) is 18.2 Å². The first-order valence-electron chi connectivity index (χ1n) is 9.19. The summed E-state index contributed by atoms with van der Waals surface area (Å²) in [4.78, 5) is 15.3. The van der Waals surface area contributed by atoms with Gasteiger partial charge in [0.15, 0.2) is 0 Å². The van der Waals surface area contributed by atoms with Gasteiger partial charge >= 0.3 is 0 Å². The number of carbonyl (C=O) groups is 1. The largest absolute Gasteiger partial charge is 0.496 e. The molecule has 0 unspecified atom stereocenters. The number of fused-ring (bicyclic) bond motifs is 2. The third-order valence-electron chi connectivity index (χ3n) is 5.86. The number of amides is 1. The van der Waals surface area contributed by atoms with E-state index in [2.05, 4.69) is 0 Å². The number of nitrogens with zero attached hydrogens (tertiary/aromatic N) is 1. The van der Waals surface area contributed by atoms with Crippen LogP contribution in [0.15, 0.2) is 36.4 Å². The number of rotatable bonds is 3. The van der Waals surface area contributed by atoms with Crippen molar-refractivity contribution < 1.29 is 13.9 Å². The monoisotopic (exact) mass is 388 g/mol. The maximum Gasteiger partial charge on any atom is 0.258 e. The van der Waals surface area contributed by atoms with Crippen molar-refractivity contribution in [1.82, 2.24) is 4.90 Å². The van der Waals surface area contributed by atoms with Gasteiger partial charge in [-0.2, -0.15) is 0 Å². The van der Waals surface area contributed by atoms with Crippen molar-refractivity contribution in [2.24, 2.45) is 0 Å². The Morgan fingerprint density at radius 2 is 1.81 bits per heavy atom. The molecule has 4 nitrogen and oxygen atoms in total. The Morgan fingerprint density at radius 1 is 1.19 bits per heavy atom. The summed E-state index contributed by atoms with van der Waals surface area (Å²) in [5.41, 5.74) is 7.83. The number of piperidine rings is 1. The van der Waals surface area contributed by atoms with Crippen LogP contribution in [0.1, 0.15) is 47.5 Å². The van der Waals surface area contributed by atoms with Crippen LogP contribution in [-0.4, -0.2) is 30.0 Å². The van der Waals surface area contributed by atoms with Crippen LogP contribution in [0, 0.1) is 5.82 Å². The first kappa shape index (κ1) is 18.1. The fourth-order valence-corrected chi connectivity index (χ4v) is 4.72. The molecule has 2 N–H and O–H groups in total. The van der Waals surface area contributed by atoms with E-state index in [1.54, 1.807) is 12.1 Å². The number of methoxy groups -OCH3 is 1. The van der Waals surface area contributed by atoms with Crippen molar-refractivity contribution in [3.63, 3.8) is 0 Å². The number of anilines is 1. The number of nitrogen functional groups attached to an aromatic ring is 1. The molecule has 2 bridgehead atoms. The maximum absolute atomic E-state index is 13.3. The molecule has 1 amide bonds. The van der Waals surface area contributed by atoms with Crippen molar-refractivity contribution in [3.05, 3.63) is 58.4 Å². The van der Waals surface area contributed by atoms with Crippen LogP contribution in [0.2, 0.25) is 5.02 Å². The zero-order valence-electron chi connectivity index (χ0n) is 15.1. The zero-order valence-corrected chi connectivity index (χ0v) is 15.9. The smallest absolute Gasteiger partial charge is 0.258 e. The van der Waals surface area contributed by atoms with Gasteiger partial charge in [0.05, 0.1) is 23.4 Å². The summed E-state index contributed by atoms with van der Waals surface area (Å²) in [6, 6.07) is 10.3. The van der Waals surface area contributed by atoms with Gasteiger partial charge in [-0.15, -0.1) is 0 Å². The molecule has 6 heteroatoms. The molecule has 0 saturated carbocycles. The number of hydrogen-bond acceptors (Lipinski definition) is 3. The zero-order chi connectivity index (χ0) is 19.1. The van der Waals surface area contributed by atoms with Crippen molar-refractivity contribution in [2.75, 3.05) is 12.8 Å². The Bertz CT molecular complexity index is 857. The molecule has 2 aromatic carbocycles. The molecule has 2 aromatic rings. The lowest BCUT2D eigenvalue weighted by atomic mass is 9.84. The van der Waals surface area contributed by atoms with Crippen LogP contribution in [0.3, 0.4) is 0 Å². The number of nitrogens with two attached hydrogens (primary N) is 1. The minimum atomic E-state index is -0.221. The van der Waals surface area contributed by atoms with Gasteiger partial charge in [0.25, 0.3) is 5.91 Å². The lowest BCUT2D eigenvalue weighted by Crippen LogP contribution is -2.46. The normalized spacial score (nSPS) is 24.1. The standard InChI is InChI=1S/C21H22ClFN2O2/c1-27-20-11-19(24)18(22)10-17(20)21(26)25-15-6-7-16(25)9-13(8-15)12-2-4-14(23)5-3-12/h2-5,10-11,13,15-16H,6-9,24H2,1H3/t13-,15+,16-. The second-order valence-electron chi connectivity index (χ2n) is 7.39. The summed E-state index contributed by atoms with van der Waals surface area (Å²) < 4.78 is 18.6.